The van der Waals surface area contributed by atoms with Crippen LogP contribution in [0.2, 0.25) is 0 Å². The molecule has 0 aromatic heterocycles. The fraction of sp³-hybridized carbons (Fsp3) is 0.500. The maximum Gasteiger partial charge on any atom is 0.0758 e. The van der Waals surface area contributed by atoms with Gasteiger partial charge in [-0.05, 0) is 40.1 Å². The number of aliphatic hydroxyl groups is 1. The van der Waals surface area contributed by atoms with E-state index >= 15 is 0 Å². The van der Waals surface area contributed by atoms with Crippen molar-refractivity contribution in [3.8, 4) is 0 Å². The Morgan fingerprint density at radius 2 is 2.00 bits per heavy atom. The van der Waals surface area contributed by atoms with Crippen LogP contribution in [-0.2, 0) is 0 Å². The number of rotatable bonds is 4. The number of nitrogens with two attached hydrogens (primary N) is 1. The van der Waals surface area contributed by atoms with Crippen LogP contribution in [0.1, 0.15) is 31.9 Å². The molecule has 0 saturated carbocycles. The first-order valence-electron chi connectivity index (χ1n) is 5.26. The maximum atomic E-state index is 10.0. The van der Waals surface area contributed by atoms with E-state index in [-0.39, 0.29) is 12.0 Å². The van der Waals surface area contributed by atoms with Crippen LogP contribution in [0, 0.1) is 9.49 Å². The van der Waals surface area contributed by atoms with E-state index in [0.717, 1.165) is 15.6 Å². The topological polar surface area (TPSA) is 46.2 Å². The average Bonchev–Trinajstić information content (AvgIpc) is 2.26. The Hall–Kier alpha value is -0.130. The van der Waals surface area contributed by atoms with Gasteiger partial charge in [0, 0.05) is 3.57 Å². The van der Waals surface area contributed by atoms with Gasteiger partial charge in [-0.25, -0.2) is 0 Å². The van der Waals surface area contributed by atoms with E-state index < -0.39 is 6.10 Å². The van der Waals surface area contributed by atoms with Gasteiger partial charge in [-0.1, -0.05) is 38.5 Å². The van der Waals surface area contributed by atoms with Crippen molar-refractivity contribution in [1.82, 2.24) is 0 Å². The largest absolute Gasteiger partial charge is 0.391 e. The standard InChI is InChI=1S/C12H18INO/c1-3-8(2)12(15)11(14)9-6-4-5-7-10(9)13/h4-8,11-12,15H,3,14H2,1-2H3/t8?,11-,12+/m0/s1. The summed E-state index contributed by atoms with van der Waals surface area (Å²) in [6.07, 6.45) is 0.476. The van der Waals surface area contributed by atoms with Gasteiger partial charge in [0.1, 0.15) is 0 Å². The van der Waals surface area contributed by atoms with Gasteiger partial charge in [0.15, 0.2) is 0 Å². The Labute approximate surface area is 105 Å². The molecule has 0 aliphatic heterocycles. The fourth-order valence-electron chi connectivity index (χ4n) is 1.52. The van der Waals surface area contributed by atoms with Crippen molar-refractivity contribution < 1.29 is 5.11 Å². The van der Waals surface area contributed by atoms with Gasteiger partial charge in [-0.15, -0.1) is 0 Å². The molecule has 0 fully saturated rings. The summed E-state index contributed by atoms with van der Waals surface area (Å²) in [7, 11) is 0. The lowest BCUT2D eigenvalue weighted by molar-refractivity contribution is 0.0877. The first-order valence-corrected chi connectivity index (χ1v) is 6.33. The van der Waals surface area contributed by atoms with Crippen molar-refractivity contribution in [3.05, 3.63) is 33.4 Å². The van der Waals surface area contributed by atoms with E-state index in [1.54, 1.807) is 0 Å². The van der Waals surface area contributed by atoms with Gasteiger partial charge >= 0.3 is 0 Å². The molecular formula is C12H18INO. The molecule has 0 saturated heterocycles. The molecule has 2 nitrogen and oxygen atoms in total. The van der Waals surface area contributed by atoms with E-state index in [1.165, 1.54) is 0 Å². The lowest BCUT2D eigenvalue weighted by atomic mass is 9.92. The summed E-state index contributed by atoms with van der Waals surface area (Å²) < 4.78 is 1.12. The maximum absolute atomic E-state index is 10.0. The molecule has 1 rings (SSSR count). The molecule has 0 aliphatic rings. The van der Waals surface area contributed by atoms with Crippen molar-refractivity contribution in [2.75, 3.05) is 0 Å². The summed E-state index contributed by atoms with van der Waals surface area (Å²) in [6, 6.07) is 7.65. The van der Waals surface area contributed by atoms with Crippen molar-refractivity contribution in [3.63, 3.8) is 0 Å². The SMILES string of the molecule is CCC(C)[C@@H](O)[C@@H](N)c1ccccc1I. The van der Waals surface area contributed by atoms with Gasteiger partial charge in [-0.2, -0.15) is 0 Å². The number of aliphatic hydroxyl groups excluding tert-OH is 1. The Morgan fingerprint density at radius 1 is 1.40 bits per heavy atom. The second-order valence-electron chi connectivity index (χ2n) is 3.92. The zero-order chi connectivity index (χ0) is 11.4. The lowest BCUT2D eigenvalue weighted by Gasteiger charge is -2.24. The van der Waals surface area contributed by atoms with Gasteiger partial charge in [-0.3, -0.25) is 0 Å². The molecule has 1 aromatic rings. The molecule has 1 unspecified atom stereocenters. The summed E-state index contributed by atoms with van der Waals surface area (Å²) in [5, 5.41) is 10.0. The Balaban J connectivity index is 2.85. The third kappa shape index (κ3) is 3.16. The highest BCUT2D eigenvalue weighted by molar-refractivity contribution is 14.1. The second kappa shape index (κ2) is 5.82. The summed E-state index contributed by atoms with van der Waals surface area (Å²) in [6.45, 7) is 4.09. The van der Waals surface area contributed by atoms with Crippen molar-refractivity contribution in [2.24, 2.45) is 11.7 Å². The fourth-order valence-corrected chi connectivity index (χ4v) is 2.27. The van der Waals surface area contributed by atoms with E-state index in [9.17, 15) is 5.11 Å². The van der Waals surface area contributed by atoms with Gasteiger partial charge < -0.3 is 10.8 Å². The van der Waals surface area contributed by atoms with Crippen molar-refractivity contribution in [2.45, 2.75) is 32.4 Å². The molecule has 1 aromatic carbocycles. The predicted octanol–water partition coefficient (Wildman–Crippen LogP) is 2.70. The van der Waals surface area contributed by atoms with E-state index in [0.29, 0.717) is 0 Å². The van der Waals surface area contributed by atoms with E-state index in [1.807, 2.05) is 31.2 Å². The van der Waals surface area contributed by atoms with E-state index in [2.05, 4.69) is 29.5 Å². The third-order valence-electron chi connectivity index (χ3n) is 2.86. The molecule has 3 heteroatoms. The zero-order valence-electron chi connectivity index (χ0n) is 9.15. The highest BCUT2D eigenvalue weighted by atomic mass is 127. The third-order valence-corrected chi connectivity index (χ3v) is 3.84. The molecule has 0 radical (unpaired) electrons. The molecule has 15 heavy (non-hydrogen) atoms. The molecule has 3 atom stereocenters. The number of hydrogen-bond donors (Lipinski definition) is 2. The molecule has 0 bridgehead atoms. The predicted molar refractivity (Wildman–Crippen MR) is 71.5 cm³/mol. The molecule has 84 valence electrons. The van der Waals surface area contributed by atoms with Crippen LogP contribution in [0.25, 0.3) is 0 Å². The lowest BCUT2D eigenvalue weighted by Crippen LogP contribution is -2.32. The zero-order valence-corrected chi connectivity index (χ0v) is 11.3. The van der Waals surface area contributed by atoms with Crippen LogP contribution in [0.5, 0.6) is 0 Å². The Bertz CT molecular complexity index is 316. The minimum absolute atomic E-state index is 0.232. The highest BCUT2D eigenvalue weighted by Crippen LogP contribution is 2.25. The first kappa shape index (κ1) is 12.9. The van der Waals surface area contributed by atoms with Crippen LogP contribution < -0.4 is 5.73 Å². The van der Waals surface area contributed by atoms with Gasteiger partial charge in [0.25, 0.3) is 0 Å². The van der Waals surface area contributed by atoms with E-state index in [4.69, 9.17) is 5.73 Å². The van der Waals surface area contributed by atoms with Crippen LogP contribution >= 0.6 is 22.6 Å². The molecule has 0 amide bonds. The van der Waals surface area contributed by atoms with Crippen molar-refractivity contribution >= 4 is 22.6 Å². The molecule has 0 heterocycles. The van der Waals surface area contributed by atoms with Gasteiger partial charge in [0.05, 0.1) is 12.1 Å². The number of halogens is 1. The molecule has 0 spiro atoms. The number of hydrogen-bond acceptors (Lipinski definition) is 2. The summed E-state index contributed by atoms with van der Waals surface area (Å²) in [5.41, 5.74) is 7.09. The first-order chi connectivity index (χ1) is 7.07. The summed E-state index contributed by atoms with van der Waals surface area (Å²) in [5.74, 6) is 0.232. The van der Waals surface area contributed by atoms with Crippen molar-refractivity contribution in [1.29, 1.82) is 0 Å². The van der Waals surface area contributed by atoms with Gasteiger partial charge in [0.2, 0.25) is 0 Å². The monoisotopic (exact) mass is 319 g/mol. The highest BCUT2D eigenvalue weighted by Gasteiger charge is 2.22. The van der Waals surface area contributed by atoms with Crippen LogP contribution in [-0.4, -0.2) is 11.2 Å². The Morgan fingerprint density at radius 3 is 2.53 bits per heavy atom. The normalized spacial score (nSPS) is 17.1. The number of benzene rings is 1. The Kier molecular flexibility index (Phi) is 5.02. The smallest absolute Gasteiger partial charge is 0.0758 e. The second-order valence-corrected chi connectivity index (χ2v) is 5.09. The van der Waals surface area contributed by atoms with Crippen LogP contribution in [0.4, 0.5) is 0 Å². The van der Waals surface area contributed by atoms with Crippen LogP contribution in [0.3, 0.4) is 0 Å². The quantitative estimate of drug-likeness (QED) is 0.838. The minimum Gasteiger partial charge on any atom is -0.391 e. The summed E-state index contributed by atoms with van der Waals surface area (Å²) >= 11 is 2.25. The minimum atomic E-state index is -0.467. The average molecular weight is 319 g/mol. The molecule has 0 aliphatic carbocycles. The molecular weight excluding hydrogens is 301 g/mol. The summed E-state index contributed by atoms with van der Waals surface area (Å²) in [4.78, 5) is 0. The molecule has 3 N–H and O–H groups in total. The van der Waals surface area contributed by atoms with Crippen LogP contribution in [0.15, 0.2) is 24.3 Å².